The number of halogens is 3. The molecule has 2 aromatic carbocycles. The Morgan fingerprint density at radius 2 is 1.81 bits per heavy atom. The molecule has 1 unspecified atom stereocenters. The van der Waals surface area contributed by atoms with Crippen molar-refractivity contribution in [3.8, 4) is 0 Å². The quantitative estimate of drug-likeness (QED) is 0.929. The van der Waals surface area contributed by atoms with E-state index in [0.717, 1.165) is 12.1 Å². The topological polar surface area (TPSA) is 46.2 Å². The van der Waals surface area contributed by atoms with Crippen LogP contribution in [-0.4, -0.2) is 8.42 Å². The second-order valence-electron chi connectivity index (χ2n) is 4.47. The maximum Gasteiger partial charge on any atom is 0.241 e. The summed E-state index contributed by atoms with van der Waals surface area (Å²) in [6, 6.07) is 8.55. The predicted octanol–water partition coefficient (Wildman–Crippen LogP) is 3.66. The minimum Gasteiger partial charge on any atom is -0.207 e. The van der Waals surface area contributed by atoms with Crippen molar-refractivity contribution in [2.75, 3.05) is 0 Å². The Morgan fingerprint density at radius 3 is 2.43 bits per heavy atom. The number of nitrogens with one attached hydrogen (secondary N) is 1. The molecule has 3 nitrogen and oxygen atoms in total. The Morgan fingerprint density at radius 1 is 1.10 bits per heavy atom. The number of sulfonamides is 1. The zero-order valence-electron chi connectivity index (χ0n) is 11.0. The van der Waals surface area contributed by atoms with E-state index >= 15 is 0 Å². The van der Waals surface area contributed by atoms with Crippen LogP contribution < -0.4 is 4.72 Å². The summed E-state index contributed by atoms with van der Waals surface area (Å²) in [5.74, 6) is -2.31. The summed E-state index contributed by atoms with van der Waals surface area (Å²) in [6.07, 6.45) is 0. The molecule has 0 saturated carbocycles. The molecule has 0 saturated heterocycles. The molecule has 0 aromatic heterocycles. The molecule has 0 bridgehead atoms. The molecule has 2 rings (SSSR count). The van der Waals surface area contributed by atoms with Gasteiger partial charge in [0.05, 0.1) is 4.90 Å². The Labute approximate surface area is 126 Å². The molecular formula is C14H12ClF2NO2S. The predicted molar refractivity (Wildman–Crippen MR) is 76.5 cm³/mol. The SMILES string of the molecule is CC(NS(=O)(=O)c1ccc(F)c(F)c1)c1cccc(Cl)c1. The number of benzene rings is 2. The van der Waals surface area contributed by atoms with Crippen molar-refractivity contribution in [2.24, 2.45) is 0 Å². The highest BCUT2D eigenvalue weighted by atomic mass is 35.5. The van der Waals surface area contributed by atoms with E-state index in [1.54, 1.807) is 31.2 Å². The van der Waals surface area contributed by atoms with E-state index < -0.39 is 27.7 Å². The minimum absolute atomic E-state index is 0.338. The van der Waals surface area contributed by atoms with Gasteiger partial charge < -0.3 is 0 Å². The van der Waals surface area contributed by atoms with E-state index in [9.17, 15) is 17.2 Å². The first-order chi connectivity index (χ1) is 9.79. The fourth-order valence-corrected chi connectivity index (χ4v) is 3.23. The molecule has 0 fully saturated rings. The van der Waals surface area contributed by atoms with E-state index in [4.69, 9.17) is 11.6 Å². The molecule has 112 valence electrons. The standard InChI is InChI=1S/C14H12ClF2NO2S/c1-9(10-3-2-4-11(15)7-10)18-21(19,20)12-5-6-13(16)14(17)8-12/h2-9,18H,1H3. The Hall–Kier alpha value is -1.50. The van der Waals surface area contributed by atoms with Crippen molar-refractivity contribution < 1.29 is 17.2 Å². The number of hydrogen-bond donors (Lipinski definition) is 1. The maximum atomic E-state index is 13.1. The average Bonchev–Trinajstić information content (AvgIpc) is 2.41. The van der Waals surface area contributed by atoms with Gasteiger partial charge in [0.1, 0.15) is 0 Å². The lowest BCUT2D eigenvalue weighted by Gasteiger charge is -2.15. The molecule has 0 aliphatic carbocycles. The van der Waals surface area contributed by atoms with E-state index in [-0.39, 0.29) is 4.90 Å². The maximum absolute atomic E-state index is 13.1. The van der Waals surface area contributed by atoms with Gasteiger partial charge in [-0.1, -0.05) is 23.7 Å². The Bertz CT molecular complexity index is 765. The molecule has 0 aliphatic rings. The van der Waals surface area contributed by atoms with Gasteiger partial charge >= 0.3 is 0 Å². The van der Waals surface area contributed by atoms with Crippen LogP contribution in [0.3, 0.4) is 0 Å². The van der Waals surface area contributed by atoms with Gasteiger partial charge in [-0.2, -0.15) is 0 Å². The first-order valence-electron chi connectivity index (χ1n) is 6.02. The summed E-state index contributed by atoms with van der Waals surface area (Å²) in [6.45, 7) is 1.63. The summed E-state index contributed by atoms with van der Waals surface area (Å²) in [4.78, 5) is -0.338. The molecule has 0 spiro atoms. The third kappa shape index (κ3) is 3.78. The first kappa shape index (κ1) is 15.9. The largest absolute Gasteiger partial charge is 0.241 e. The van der Waals surface area contributed by atoms with Crippen molar-refractivity contribution in [2.45, 2.75) is 17.9 Å². The van der Waals surface area contributed by atoms with Crippen LogP contribution in [0.15, 0.2) is 47.4 Å². The third-order valence-electron chi connectivity index (χ3n) is 2.88. The van der Waals surface area contributed by atoms with Gasteiger partial charge in [0, 0.05) is 11.1 Å². The second-order valence-corrected chi connectivity index (χ2v) is 6.62. The van der Waals surface area contributed by atoms with Crippen LogP contribution in [0.4, 0.5) is 8.78 Å². The van der Waals surface area contributed by atoms with E-state index in [2.05, 4.69) is 4.72 Å². The molecule has 21 heavy (non-hydrogen) atoms. The molecule has 1 atom stereocenters. The highest BCUT2D eigenvalue weighted by Crippen LogP contribution is 2.20. The molecule has 1 N–H and O–H groups in total. The highest BCUT2D eigenvalue weighted by molar-refractivity contribution is 7.89. The van der Waals surface area contributed by atoms with Crippen LogP contribution in [0.1, 0.15) is 18.5 Å². The van der Waals surface area contributed by atoms with E-state index in [0.29, 0.717) is 16.7 Å². The number of hydrogen-bond acceptors (Lipinski definition) is 2. The highest BCUT2D eigenvalue weighted by Gasteiger charge is 2.20. The van der Waals surface area contributed by atoms with Gasteiger partial charge in [0.25, 0.3) is 0 Å². The van der Waals surface area contributed by atoms with Crippen LogP contribution in [0.25, 0.3) is 0 Å². The monoisotopic (exact) mass is 331 g/mol. The number of rotatable bonds is 4. The van der Waals surface area contributed by atoms with Crippen molar-refractivity contribution in [3.63, 3.8) is 0 Å². The van der Waals surface area contributed by atoms with Crippen molar-refractivity contribution in [3.05, 3.63) is 64.7 Å². The summed E-state index contributed by atoms with van der Waals surface area (Å²) >= 11 is 5.85. The van der Waals surface area contributed by atoms with Gasteiger partial charge in [0.15, 0.2) is 11.6 Å². The zero-order chi connectivity index (χ0) is 15.6. The fraction of sp³-hybridized carbons (Fsp3) is 0.143. The molecule has 2 aromatic rings. The molecular weight excluding hydrogens is 320 g/mol. The molecule has 0 heterocycles. The first-order valence-corrected chi connectivity index (χ1v) is 7.88. The lowest BCUT2D eigenvalue weighted by Crippen LogP contribution is -2.27. The minimum atomic E-state index is -3.96. The molecule has 0 aliphatic heterocycles. The molecule has 0 amide bonds. The summed E-state index contributed by atoms with van der Waals surface area (Å²) in [5, 5.41) is 0.478. The normalized spacial score (nSPS) is 13.1. The summed E-state index contributed by atoms with van der Waals surface area (Å²) < 4.78 is 52.6. The van der Waals surface area contributed by atoms with Gasteiger partial charge in [-0.15, -0.1) is 0 Å². The van der Waals surface area contributed by atoms with Gasteiger partial charge in [-0.25, -0.2) is 21.9 Å². The lowest BCUT2D eigenvalue weighted by atomic mass is 10.1. The molecule has 0 radical (unpaired) electrons. The van der Waals surface area contributed by atoms with Crippen molar-refractivity contribution >= 4 is 21.6 Å². The average molecular weight is 332 g/mol. The van der Waals surface area contributed by atoms with Crippen LogP contribution in [0, 0.1) is 11.6 Å². The van der Waals surface area contributed by atoms with Crippen LogP contribution in [-0.2, 0) is 10.0 Å². The second kappa shape index (κ2) is 6.09. The Balaban J connectivity index is 2.26. The lowest BCUT2D eigenvalue weighted by molar-refractivity contribution is 0.503. The van der Waals surface area contributed by atoms with Gasteiger partial charge in [-0.05, 0) is 42.8 Å². The van der Waals surface area contributed by atoms with Crippen LogP contribution in [0.5, 0.6) is 0 Å². The Kier molecular flexibility index (Phi) is 4.61. The summed E-state index contributed by atoms with van der Waals surface area (Å²) in [7, 11) is -3.96. The van der Waals surface area contributed by atoms with Crippen molar-refractivity contribution in [1.29, 1.82) is 0 Å². The summed E-state index contributed by atoms with van der Waals surface area (Å²) in [5.41, 5.74) is 0.661. The van der Waals surface area contributed by atoms with Gasteiger partial charge in [-0.3, -0.25) is 0 Å². The zero-order valence-corrected chi connectivity index (χ0v) is 12.5. The van der Waals surface area contributed by atoms with E-state index in [1.807, 2.05) is 0 Å². The van der Waals surface area contributed by atoms with E-state index in [1.165, 1.54) is 0 Å². The fourth-order valence-electron chi connectivity index (χ4n) is 1.79. The molecule has 7 heteroatoms. The van der Waals surface area contributed by atoms with Crippen LogP contribution >= 0.6 is 11.6 Å². The van der Waals surface area contributed by atoms with Crippen molar-refractivity contribution in [1.82, 2.24) is 4.72 Å². The smallest absolute Gasteiger partial charge is 0.207 e. The third-order valence-corrected chi connectivity index (χ3v) is 4.66. The van der Waals surface area contributed by atoms with Crippen LogP contribution in [0.2, 0.25) is 5.02 Å². The van der Waals surface area contributed by atoms with Gasteiger partial charge in [0.2, 0.25) is 10.0 Å².